The van der Waals surface area contributed by atoms with Crippen molar-refractivity contribution in [2.75, 3.05) is 5.32 Å². The molecule has 0 aliphatic heterocycles. The van der Waals surface area contributed by atoms with Crippen LogP contribution in [0.15, 0.2) is 60.4 Å². The van der Waals surface area contributed by atoms with E-state index in [9.17, 15) is 4.79 Å². The van der Waals surface area contributed by atoms with E-state index in [4.69, 9.17) is 11.6 Å². The number of halogens is 3. The molecule has 0 aliphatic rings. The molecule has 0 unspecified atom stereocenters. The third-order valence-electron chi connectivity index (χ3n) is 3.66. The number of carbonyl (C=O) groups is 1. The van der Waals surface area contributed by atoms with Gasteiger partial charge in [-0.25, -0.2) is 9.97 Å². The quantitative estimate of drug-likeness (QED) is 0.436. The number of thiazole rings is 1. The number of amides is 1. The summed E-state index contributed by atoms with van der Waals surface area (Å²) in [5.74, 6) is 0.251. The van der Waals surface area contributed by atoms with Crippen LogP contribution in [0.1, 0.15) is 10.5 Å². The minimum absolute atomic E-state index is 0. The highest BCUT2D eigenvalue weighted by molar-refractivity contribution is 7.13. The van der Waals surface area contributed by atoms with Gasteiger partial charge in [0.15, 0.2) is 10.8 Å². The van der Waals surface area contributed by atoms with Crippen molar-refractivity contribution in [2.45, 2.75) is 0 Å². The van der Waals surface area contributed by atoms with Gasteiger partial charge in [-0.05, 0) is 36.4 Å². The van der Waals surface area contributed by atoms with Gasteiger partial charge in [0.2, 0.25) is 0 Å². The van der Waals surface area contributed by atoms with Crippen LogP contribution in [0, 0.1) is 0 Å². The molecule has 0 aliphatic carbocycles. The smallest absolute Gasteiger partial charge is 0.278 e. The van der Waals surface area contributed by atoms with E-state index in [1.165, 1.54) is 11.3 Å². The van der Waals surface area contributed by atoms with Crippen molar-refractivity contribution in [1.29, 1.82) is 0 Å². The Kier molecular flexibility index (Phi) is 7.53. The Morgan fingerprint density at radius 3 is 2.36 bits per heavy atom. The Morgan fingerprint density at radius 1 is 1.00 bits per heavy atom. The Morgan fingerprint density at radius 2 is 1.71 bits per heavy atom. The molecular weight excluding hydrogens is 441 g/mol. The summed E-state index contributed by atoms with van der Waals surface area (Å²) in [6.45, 7) is 0. The van der Waals surface area contributed by atoms with Crippen LogP contribution in [0.3, 0.4) is 0 Å². The zero-order chi connectivity index (χ0) is 17.9. The number of nitrogens with zero attached hydrogens (tertiary/aromatic N) is 3. The highest BCUT2D eigenvalue weighted by atomic mass is 35.5. The van der Waals surface area contributed by atoms with Crippen LogP contribution in [0.5, 0.6) is 0 Å². The van der Waals surface area contributed by atoms with Gasteiger partial charge in [0.1, 0.15) is 5.82 Å². The number of carbonyl (C=O) groups excluding carboxylic acids is 1. The SMILES string of the molecule is Cl.Cl.O=C(Nc1nccs1)c1nc(-c2ccc(Cl)cc2)[nH]c1-c1ccncc1. The molecule has 0 saturated carbocycles. The number of pyridine rings is 1. The Labute approximate surface area is 182 Å². The lowest BCUT2D eigenvalue weighted by molar-refractivity contribution is 0.102. The van der Waals surface area contributed by atoms with E-state index in [1.807, 2.05) is 24.3 Å². The lowest BCUT2D eigenvalue weighted by Gasteiger charge is -2.02. The molecule has 144 valence electrons. The normalized spacial score (nSPS) is 9.89. The molecule has 0 spiro atoms. The Hall–Kier alpha value is -2.45. The fourth-order valence-electron chi connectivity index (χ4n) is 2.45. The van der Waals surface area contributed by atoms with Gasteiger partial charge >= 0.3 is 0 Å². The van der Waals surface area contributed by atoms with E-state index in [-0.39, 0.29) is 36.4 Å². The fourth-order valence-corrected chi connectivity index (χ4v) is 3.10. The minimum Gasteiger partial charge on any atom is -0.337 e. The number of imidazole rings is 1. The molecule has 0 atom stereocenters. The van der Waals surface area contributed by atoms with Crippen molar-refractivity contribution in [1.82, 2.24) is 19.9 Å². The van der Waals surface area contributed by atoms with Crippen molar-refractivity contribution in [2.24, 2.45) is 0 Å². The van der Waals surface area contributed by atoms with E-state index in [1.54, 1.807) is 36.1 Å². The van der Waals surface area contributed by atoms with E-state index >= 15 is 0 Å². The Balaban J connectivity index is 0.00000140. The van der Waals surface area contributed by atoms with Crippen LogP contribution in [0.2, 0.25) is 5.02 Å². The summed E-state index contributed by atoms with van der Waals surface area (Å²) in [7, 11) is 0. The second-order valence-electron chi connectivity index (χ2n) is 5.34. The summed E-state index contributed by atoms with van der Waals surface area (Å²) in [4.78, 5) is 28.6. The van der Waals surface area contributed by atoms with E-state index in [0.29, 0.717) is 21.7 Å². The van der Waals surface area contributed by atoms with Gasteiger partial charge in [0, 0.05) is 40.1 Å². The predicted molar refractivity (Wildman–Crippen MR) is 117 cm³/mol. The largest absolute Gasteiger partial charge is 0.337 e. The molecule has 1 aromatic carbocycles. The standard InChI is InChI=1S/C18H12ClN5OS.2ClH/c19-13-3-1-12(2-4-13)16-22-14(11-5-7-20-8-6-11)15(23-16)17(25)24-18-21-9-10-26-18;;/h1-10H,(H,22,23)(H,21,24,25);2*1H. The molecule has 1 amide bonds. The number of aromatic nitrogens is 4. The number of hydrogen-bond acceptors (Lipinski definition) is 5. The summed E-state index contributed by atoms with van der Waals surface area (Å²) in [6.07, 6.45) is 4.97. The molecular formula is C18H14Cl3N5OS. The number of H-pyrrole nitrogens is 1. The van der Waals surface area contributed by atoms with Crippen LogP contribution in [-0.4, -0.2) is 25.8 Å². The molecule has 0 radical (unpaired) electrons. The first-order valence-corrected chi connectivity index (χ1v) is 8.93. The maximum atomic E-state index is 12.7. The fraction of sp³-hybridized carbons (Fsp3) is 0. The molecule has 0 saturated heterocycles. The van der Waals surface area contributed by atoms with Crippen molar-refractivity contribution < 1.29 is 4.79 Å². The van der Waals surface area contributed by atoms with Gasteiger partial charge in [0.05, 0.1) is 5.69 Å². The summed E-state index contributed by atoms with van der Waals surface area (Å²) in [6, 6.07) is 10.9. The number of hydrogen-bond donors (Lipinski definition) is 2. The third kappa shape index (κ3) is 4.69. The second-order valence-corrected chi connectivity index (χ2v) is 6.67. The van der Waals surface area contributed by atoms with E-state index in [2.05, 4.69) is 25.3 Å². The number of rotatable bonds is 4. The van der Waals surface area contributed by atoms with Gasteiger partial charge in [-0.1, -0.05) is 11.6 Å². The molecule has 0 bridgehead atoms. The van der Waals surface area contributed by atoms with Crippen LogP contribution in [0.25, 0.3) is 22.6 Å². The van der Waals surface area contributed by atoms with Crippen LogP contribution >= 0.6 is 47.8 Å². The molecule has 4 aromatic rings. The zero-order valence-electron chi connectivity index (χ0n) is 14.1. The van der Waals surface area contributed by atoms with E-state index < -0.39 is 0 Å². The molecule has 28 heavy (non-hydrogen) atoms. The van der Waals surface area contributed by atoms with Gasteiger partial charge in [-0.3, -0.25) is 15.1 Å². The lowest BCUT2D eigenvalue weighted by Crippen LogP contribution is -2.13. The second kappa shape index (κ2) is 9.66. The average molecular weight is 455 g/mol. The van der Waals surface area contributed by atoms with E-state index in [0.717, 1.165) is 11.1 Å². The number of benzene rings is 1. The molecule has 6 nitrogen and oxygen atoms in total. The van der Waals surface area contributed by atoms with Crippen LogP contribution in [-0.2, 0) is 0 Å². The highest BCUT2D eigenvalue weighted by Crippen LogP contribution is 2.27. The Bertz CT molecular complexity index is 1040. The van der Waals surface area contributed by atoms with Crippen molar-refractivity contribution in [3.05, 3.63) is 71.1 Å². The summed E-state index contributed by atoms with van der Waals surface area (Å²) >= 11 is 7.30. The molecule has 3 aromatic heterocycles. The van der Waals surface area contributed by atoms with Crippen molar-refractivity contribution in [3.63, 3.8) is 0 Å². The monoisotopic (exact) mass is 453 g/mol. The number of anilines is 1. The summed E-state index contributed by atoms with van der Waals surface area (Å²) in [5.41, 5.74) is 2.55. The highest BCUT2D eigenvalue weighted by Gasteiger charge is 2.20. The molecule has 10 heteroatoms. The first-order chi connectivity index (χ1) is 12.7. The lowest BCUT2D eigenvalue weighted by atomic mass is 10.1. The third-order valence-corrected chi connectivity index (χ3v) is 4.60. The van der Waals surface area contributed by atoms with Gasteiger partial charge in [0.25, 0.3) is 5.91 Å². The zero-order valence-corrected chi connectivity index (χ0v) is 17.3. The number of nitrogens with one attached hydrogen (secondary N) is 2. The van der Waals surface area contributed by atoms with Crippen molar-refractivity contribution >= 4 is 58.8 Å². The van der Waals surface area contributed by atoms with Gasteiger partial charge in [-0.2, -0.15) is 0 Å². The first kappa shape index (κ1) is 21.8. The molecule has 3 heterocycles. The van der Waals surface area contributed by atoms with Crippen LogP contribution < -0.4 is 5.32 Å². The predicted octanol–water partition coefficient (Wildman–Crippen LogP) is 5.34. The maximum Gasteiger partial charge on any atom is 0.278 e. The minimum atomic E-state index is -0.330. The topological polar surface area (TPSA) is 83.6 Å². The van der Waals surface area contributed by atoms with Crippen molar-refractivity contribution in [3.8, 4) is 22.6 Å². The maximum absolute atomic E-state index is 12.7. The molecule has 0 fully saturated rings. The molecule has 2 N–H and O–H groups in total. The summed E-state index contributed by atoms with van der Waals surface area (Å²) < 4.78 is 0. The van der Waals surface area contributed by atoms with Gasteiger partial charge < -0.3 is 4.98 Å². The van der Waals surface area contributed by atoms with Gasteiger partial charge in [-0.15, -0.1) is 36.2 Å². The first-order valence-electron chi connectivity index (χ1n) is 7.68. The average Bonchev–Trinajstić information content (AvgIpc) is 3.33. The number of aromatic amines is 1. The molecule has 4 rings (SSSR count). The van der Waals surface area contributed by atoms with Crippen LogP contribution in [0.4, 0.5) is 5.13 Å². The summed E-state index contributed by atoms with van der Waals surface area (Å²) in [5, 5.41) is 5.72.